The van der Waals surface area contributed by atoms with Crippen LogP contribution < -0.4 is 5.73 Å². The lowest BCUT2D eigenvalue weighted by molar-refractivity contribution is 0.553. The summed E-state index contributed by atoms with van der Waals surface area (Å²) in [6.07, 6.45) is 1.20. The molecule has 14 heavy (non-hydrogen) atoms. The Labute approximate surface area is 90.1 Å². The number of thioether (sulfide) groups is 1. The van der Waals surface area contributed by atoms with Crippen molar-refractivity contribution in [2.75, 3.05) is 0 Å². The Morgan fingerprint density at radius 1 is 1.43 bits per heavy atom. The van der Waals surface area contributed by atoms with E-state index in [2.05, 4.69) is 39.0 Å². The van der Waals surface area contributed by atoms with Crippen LogP contribution >= 0.6 is 11.8 Å². The SMILES string of the molecule is CC1Cc2ccc(C(C)(C)N)cc2S1. The van der Waals surface area contributed by atoms with Gasteiger partial charge in [0, 0.05) is 15.7 Å². The number of fused-ring (bicyclic) bond motifs is 1. The van der Waals surface area contributed by atoms with Gasteiger partial charge in [0.1, 0.15) is 0 Å². The van der Waals surface area contributed by atoms with Gasteiger partial charge in [-0.05, 0) is 37.5 Å². The second-order valence-electron chi connectivity index (χ2n) is 4.68. The monoisotopic (exact) mass is 207 g/mol. The average Bonchev–Trinajstić information content (AvgIpc) is 2.41. The normalized spacial score (nSPS) is 21.0. The second kappa shape index (κ2) is 3.28. The van der Waals surface area contributed by atoms with E-state index in [-0.39, 0.29) is 5.54 Å². The Kier molecular flexibility index (Phi) is 2.36. The number of nitrogens with two attached hydrogens (primary N) is 1. The van der Waals surface area contributed by atoms with E-state index in [1.54, 1.807) is 0 Å². The predicted molar refractivity (Wildman–Crippen MR) is 62.7 cm³/mol. The maximum Gasteiger partial charge on any atom is 0.0352 e. The summed E-state index contributed by atoms with van der Waals surface area (Å²) in [6, 6.07) is 6.65. The molecule has 1 aromatic carbocycles. The van der Waals surface area contributed by atoms with Crippen LogP contribution in [-0.4, -0.2) is 5.25 Å². The molecule has 0 amide bonds. The van der Waals surface area contributed by atoms with Crippen LogP contribution in [0.4, 0.5) is 0 Å². The van der Waals surface area contributed by atoms with E-state index in [4.69, 9.17) is 5.73 Å². The quantitative estimate of drug-likeness (QED) is 0.766. The summed E-state index contributed by atoms with van der Waals surface area (Å²) >= 11 is 1.97. The summed E-state index contributed by atoms with van der Waals surface area (Å²) in [7, 11) is 0. The molecule has 2 rings (SSSR count). The minimum absolute atomic E-state index is 0.221. The standard InChI is InChI=1S/C12H17NS/c1-8-6-9-4-5-10(12(2,3)13)7-11(9)14-8/h4-5,7-8H,6,13H2,1-3H3. The first-order valence-electron chi connectivity index (χ1n) is 5.06. The molecule has 0 spiro atoms. The van der Waals surface area contributed by atoms with E-state index in [1.807, 2.05) is 11.8 Å². The molecule has 1 heterocycles. The molecule has 1 atom stereocenters. The first kappa shape index (κ1) is 10.1. The van der Waals surface area contributed by atoms with Gasteiger partial charge in [0.2, 0.25) is 0 Å². The van der Waals surface area contributed by atoms with Gasteiger partial charge >= 0.3 is 0 Å². The first-order valence-corrected chi connectivity index (χ1v) is 5.94. The number of benzene rings is 1. The minimum atomic E-state index is -0.221. The molecule has 0 saturated heterocycles. The van der Waals surface area contributed by atoms with Crippen molar-refractivity contribution in [3.63, 3.8) is 0 Å². The van der Waals surface area contributed by atoms with Gasteiger partial charge in [-0.25, -0.2) is 0 Å². The lowest BCUT2D eigenvalue weighted by Gasteiger charge is -2.19. The molecule has 1 aromatic rings. The van der Waals surface area contributed by atoms with Crippen molar-refractivity contribution >= 4 is 11.8 Å². The Bertz CT molecular complexity index is 352. The molecule has 2 heteroatoms. The summed E-state index contributed by atoms with van der Waals surface area (Å²) in [5, 5.41) is 0.723. The van der Waals surface area contributed by atoms with Crippen LogP contribution in [0.15, 0.2) is 23.1 Å². The van der Waals surface area contributed by atoms with Crippen LogP contribution in [-0.2, 0) is 12.0 Å². The van der Waals surface area contributed by atoms with Crippen molar-refractivity contribution in [3.05, 3.63) is 29.3 Å². The molecule has 1 unspecified atom stereocenters. The van der Waals surface area contributed by atoms with Crippen molar-refractivity contribution in [1.29, 1.82) is 0 Å². The van der Waals surface area contributed by atoms with E-state index in [0.717, 1.165) is 5.25 Å². The third kappa shape index (κ3) is 1.82. The summed E-state index contributed by atoms with van der Waals surface area (Å²) < 4.78 is 0. The molecule has 0 aliphatic carbocycles. The topological polar surface area (TPSA) is 26.0 Å². The van der Waals surface area contributed by atoms with E-state index in [1.165, 1.54) is 22.4 Å². The maximum atomic E-state index is 6.08. The van der Waals surface area contributed by atoms with Crippen LogP contribution in [0.5, 0.6) is 0 Å². The number of rotatable bonds is 1. The lowest BCUT2D eigenvalue weighted by atomic mass is 9.94. The fourth-order valence-electron chi connectivity index (χ4n) is 1.80. The van der Waals surface area contributed by atoms with Crippen molar-refractivity contribution in [3.8, 4) is 0 Å². The van der Waals surface area contributed by atoms with E-state index in [0.29, 0.717) is 0 Å². The van der Waals surface area contributed by atoms with Gasteiger partial charge in [-0.3, -0.25) is 0 Å². The van der Waals surface area contributed by atoms with Crippen LogP contribution in [0, 0.1) is 0 Å². The molecule has 2 N–H and O–H groups in total. The van der Waals surface area contributed by atoms with Crippen LogP contribution in [0.25, 0.3) is 0 Å². The lowest BCUT2D eigenvalue weighted by Crippen LogP contribution is -2.28. The highest BCUT2D eigenvalue weighted by Crippen LogP contribution is 2.38. The van der Waals surface area contributed by atoms with Gasteiger partial charge in [-0.15, -0.1) is 11.8 Å². The molecule has 1 aliphatic rings. The fourth-order valence-corrected chi connectivity index (χ4v) is 3.00. The summed E-state index contributed by atoms with van der Waals surface area (Å²) in [5.41, 5.74) is 8.57. The zero-order valence-corrected chi connectivity index (χ0v) is 9.82. The largest absolute Gasteiger partial charge is 0.322 e. The molecule has 0 fully saturated rings. The van der Waals surface area contributed by atoms with E-state index >= 15 is 0 Å². The molecule has 1 nitrogen and oxygen atoms in total. The summed E-state index contributed by atoms with van der Waals surface area (Å²) in [5.74, 6) is 0. The minimum Gasteiger partial charge on any atom is -0.322 e. The van der Waals surface area contributed by atoms with Crippen molar-refractivity contribution in [2.45, 2.75) is 42.9 Å². The van der Waals surface area contributed by atoms with Crippen LogP contribution in [0.2, 0.25) is 0 Å². The van der Waals surface area contributed by atoms with Gasteiger partial charge in [0.25, 0.3) is 0 Å². The summed E-state index contributed by atoms with van der Waals surface area (Å²) in [4.78, 5) is 1.42. The second-order valence-corrected chi connectivity index (χ2v) is 6.16. The zero-order valence-electron chi connectivity index (χ0n) is 9.00. The number of hydrogen-bond acceptors (Lipinski definition) is 2. The molecule has 0 radical (unpaired) electrons. The highest BCUT2D eigenvalue weighted by atomic mass is 32.2. The van der Waals surface area contributed by atoms with Gasteiger partial charge < -0.3 is 5.73 Å². The van der Waals surface area contributed by atoms with Crippen LogP contribution in [0.1, 0.15) is 31.9 Å². The van der Waals surface area contributed by atoms with E-state index in [9.17, 15) is 0 Å². The van der Waals surface area contributed by atoms with Crippen molar-refractivity contribution < 1.29 is 0 Å². The van der Waals surface area contributed by atoms with Gasteiger partial charge in [0.15, 0.2) is 0 Å². The highest BCUT2D eigenvalue weighted by Gasteiger charge is 2.21. The average molecular weight is 207 g/mol. The molecule has 0 saturated carbocycles. The fraction of sp³-hybridized carbons (Fsp3) is 0.500. The van der Waals surface area contributed by atoms with Gasteiger partial charge in [-0.1, -0.05) is 19.1 Å². The van der Waals surface area contributed by atoms with E-state index < -0.39 is 0 Å². The molecule has 0 bridgehead atoms. The summed E-state index contributed by atoms with van der Waals surface area (Å²) in [6.45, 7) is 6.38. The van der Waals surface area contributed by atoms with Crippen molar-refractivity contribution in [2.24, 2.45) is 5.73 Å². The molecular weight excluding hydrogens is 190 g/mol. The Balaban J connectivity index is 2.38. The maximum absolute atomic E-state index is 6.08. The Morgan fingerprint density at radius 3 is 2.79 bits per heavy atom. The Morgan fingerprint density at radius 2 is 2.14 bits per heavy atom. The molecular formula is C12H17NS. The van der Waals surface area contributed by atoms with Crippen LogP contribution in [0.3, 0.4) is 0 Å². The first-order chi connectivity index (χ1) is 6.47. The third-order valence-corrected chi connectivity index (χ3v) is 3.85. The predicted octanol–water partition coefficient (Wildman–Crippen LogP) is 2.92. The molecule has 1 aliphatic heterocycles. The van der Waals surface area contributed by atoms with Crippen molar-refractivity contribution in [1.82, 2.24) is 0 Å². The Hall–Kier alpha value is -0.470. The van der Waals surface area contributed by atoms with Gasteiger partial charge in [-0.2, -0.15) is 0 Å². The van der Waals surface area contributed by atoms with Gasteiger partial charge in [0.05, 0.1) is 0 Å². The zero-order chi connectivity index (χ0) is 10.3. The third-order valence-electron chi connectivity index (χ3n) is 2.65. The number of hydrogen-bond donors (Lipinski definition) is 1. The highest BCUT2D eigenvalue weighted by molar-refractivity contribution is 8.00. The molecule has 76 valence electrons. The smallest absolute Gasteiger partial charge is 0.0352 e. The molecule has 0 aromatic heterocycles.